The van der Waals surface area contributed by atoms with Gasteiger partial charge in [0.25, 0.3) is 5.91 Å². The summed E-state index contributed by atoms with van der Waals surface area (Å²) >= 11 is 0. The van der Waals surface area contributed by atoms with E-state index in [-0.39, 0.29) is 16.6 Å². The number of carbonyl (C=O) groups excluding carboxylic acids is 1. The van der Waals surface area contributed by atoms with Crippen molar-refractivity contribution in [2.45, 2.75) is 30.4 Å². The maximum atomic E-state index is 13.5. The van der Waals surface area contributed by atoms with E-state index in [1.165, 1.54) is 29.2 Å². The fourth-order valence-corrected chi connectivity index (χ4v) is 5.64. The van der Waals surface area contributed by atoms with Crippen molar-refractivity contribution in [2.75, 3.05) is 28.3 Å². The van der Waals surface area contributed by atoms with Crippen LogP contribution in [0, 0.1) is 0 Å². The Morgan fingerprint density at radius 1 is 0.868 bits per heavy atom. The molecule has 0 bridgehead atoms. The molecule has 3 aromatic carbocycles. The summed E-state index contributed by atoms with van der Waals surface area (Å²) in [7, 11) is 2.73. The van der Waals surface area contributed by atoms with Crippen LogP contribution in [-0.2, 0) is 28.4 Å². The molecule has 38 heavy (non-hydrogen) atoms. The van der Waals surface area contributed by atoms with Crippen molar-refractivity contribution in [3.05, 3.63) is 88.7 Å². The standard InChI is InChI=1S/C29H31N3O5S/c1-6-19-15-22(36-4)16-21(28(19)37-5)17-26-27(31-25-10-8-7-9-24(25)30-26)18-38(34,35)23-13-11-20(12-14-23)29(33)32(2)3/h7-16H,6,17-18H2,1-5H3. The quantitative estimate of drug-likeness (QED) is 0.313. The average molecular weight is 534 g/mol. The Hall–Kier alpha value is -3.98. The number of methoxy groups -OCH3 is 2. The van der Waals surface area contributed by atoms with E-state index in [1.807, 2.05) is 43.3 Å². The van der Waals surface area contributed by atoms with E-state index in [2.05, 4.69) is 0 Å². The molecule has 0 spiro atoms. The lowest BCUT2D eigenvalue weighted by atomic mass is 10.0. The van der Waals surface area contributed by atoms with E-state index in [0.717, 1.165) is 23.3 Å². The maximum absolute atomic E-state index is 13.5. The van der Waals surface area contributed by atoms with Gasteiger partial charge in [0, 0.05) is 31.6 Å². The van der Waals surface area contributed by atoms with Crippen LogP contribution in [0.1, 0.15) is 39.8 Å². The van der Waals surface area contributed by atoms with Crippen LogP contribution in [0.3, 0.4) is 0 Å². The third-order valence-corrected chi connectivity index (χ3v) is 7.96. The normalized spacial score (nSPS) is 11.4. The number of nitrogens with zero attached hydrogens (tertiary/aromatic N) is 3. The minimum atomic E-state index is -3.78. The molecule has 1 heterocycles. The molecule has 4 aromatic rings. The summed E-state index contributed by atoms with van der Waals surface area (Å²) in [5.41, 5.74) is 4.42. The number of para-hydroxylation sites is 2. The lowest BCUT2D eigenvalue weighted by Crippen LogP contribution is -2.21. The number of amides is 1. The Balaban J connectivity index is 1.77. The number of hydrogen-bond donors (Lipinski definition) is 0. The summed E-state index contributed by atoms with van der Waals surface area (Å²) in [5, 5.41) is 0. The second-order valence-corrected chi connectivity index (χ2v) is 11.1. The van der Waals surface area contributed by atoms with Crippen molar-refractivity contribution >= 4 is 26.8 Å². The molecule has 0 N–H and O–H groups in total. The largest absolute Gasteiger partial charge is 0.497 e. The van der Waals surface area contributed by atoms with Crippen LogP contribution in [0.25, 0.3) is 11.0 Å². The van der Waals surface area contributed by atoms with E-state index in [9.17, 15) is 13.2 Å². The number of carbonyl (C=O) groups is 1. The zero-order chi connectivity index (χ0) is 27.4. The zero-order valence-corrected chi connectivity index (χ0v) is 23.0. The van der Waals surface area contributed by atoms with Crippen LogP contribution in [0.15, 0.2) is 65.6 Å². The molecule has 0 saturated heterocycles. The molecule has 9 heteroatoms. The van der Waals surface area contributed by atoms with Crippen molar-refractivity contribution < 1.29 is 22.7 Å². The first-order valence-electron chi connectivity index (χ1n) is 12.2. The van der Waals surface area contributed by atoms with Gasteiger partial charge in [-0.25, -0.2) is 18.4 Å². The molecule has 0 aliphatic carbocycles. The molecule has 0 saturated carbocycles. The van der Waals surface area contributed by atoms with Gasteiger partial charge < -0.3 is 14.4 Å². The molecule has 0 aliphatic heterocycles. The van der Waals surface area contributed by atoms with Crippen LogP contribution in [-0.4, -0.2) is 57.5 Å². The Morgan fingerprint density at radius 3 is 2.03 bits per heavy atom. The lowest BCUT2D eigenvalue weighted by Gasteiger charge is -2.16. The summed E-state index contributed by atoms with van der Waals surface area (Å²) in [4.78, 5) is 23.3. The predicted octanol–water partition coefficient (Wildman–Crippen LogP) is 4.48. The van der Waals surface area contributed by atoms with Crippen LogP contribution in [0.4, 0.5) is 0 Å². The Kier molecular flexibility index (Phi) is 7.97. The van der Waals surface area contributed by atoms with Gasteiger partial charge in [0.05, 0.1) is 47.3 Å². The molecule has 1 amide bonds. The number of sulfone groups is 1. The van der Waals surface area contributed by atoms with Crippen molar-refractivity contribution in [2.24, 2.45) is 0 Å². The first-order valence-corrected chi connectivity index (χ1v) is 13.8. The molecule has 0 unspecified atom stereocenters. The number of hydrogen-bond acceptors (Lipinski definition) is 7. The van der Waals surface area contributed by atoms with Crippen molar-refractivity contribution in [1.29, 1.82) is 0 Å². The summed E-state index contributed by atoms with van der Waals surface area (Å²) in [6.07, 6.45) is 1.05. The highest BCUT2D eigenvalue weighted by molar-refractivity contribution is 7.90. The van der Waals surface area contributed by atoms with Crippen LogP contribution in [0.2, 0.25) is 0 Å². The number of benzene rings is 3. The van der Waals surface area contributed by atoms with Gasteiger partial charge in [0.2, 0.25) is 0 Å². The van der Waals surface area contributed by atoms with Gasteiger partial charge in [-0.2, -0.15) is 0 Å². The second kappa shape index (κ2) is 11.2. The van der Waals surface area contributed by atoms with Crippen LogP contribution in [0.5, 0.6) is 11.5 Å². The molecule has 4 rings (SSSR count). The number of rotatable bonds is 9. The highest BCUT2D eigenvalue weighted by Gasteiger charge is 2.22. The molecule has 0 fully saturated rings. The van der Waals surface area contributed by atoms with Gasteiger partial charge in [0.15, 0.2) is 9.84 Å². The van der Waals surface area contributed by atoms with E-state index < -0.39 is 9.84 Å². The van der Waals surface area contributed by atoms with Crippen molar-refractivity contribution in [1.82, 2.24) is 14.9 Å². The van der Waals surface area contributed by atoms with E-state index in [1.54, 1.807) is 28.3 Å². The monoisotopic (exact) mass is 533 g/mol. The molecule has 0 aliphatic rings. The molecule has 0 atom stereocenters. The number of aromatic nitrogens is 2. The first-order chi connectivity index (χ1) is 18.2. The summed E-state index contributed by atoms with van der Waals surface area (Å²) < 4.78 is 38.2. The Morgan fingerprint density at radius 2 is 1.47 bits per heavy atom. The highest BCUT2D eigenvalue weighted by Crippen LogP contribution is 2.32. The van der Waals surface area contributed by atoms with E-state index in [4.69, 9.17) is 19.4 Å². The Bertz CT molecular complexity index is 1580. The Labute approximate surface area is 223 Å². The van der Waals surface area contributed by atoms with E-state index >= 15 is 0 Å². The van der Waals surface area contributed by atoms with Crippen LogP contribution >= 0.6 is 0 Å². The summed E-state index contributed by atoms with van der Waals surface area (Å²) in [6.45, 7) is 2.03. The van der Waals surface area contributed by atoms with Crippen LogP contribution < -0.4 is 9.47 Å². The molecule has 1 aromatic heterocycles. The molecule has 198 valence electrons. The van der Waals surface area contributed by atoms with Gasteiger partial charge in [-0.3, -0.25) is 4.79 Å². The fourth-order valence-electron chi connectivity index (χ4n) is 4.33. The first kappa shape index (κ1) is 27.1. The fraction of sp³-hybridized carbons (Fsp3) is 0.276. The third-order valence-electron chi connectivity index (χ3n) is 6.31. The van der Waals surface area contributed by atoms with Gasteiger partial charge in [-0.05, 0) is 60.5 Å². The van der Waals surface area contributed by atoms with Gasteiger partial charge >= 0.3 is 0 Å². The number of ether oxygens (including phenoxy) is 2. The third kappa shape index (κ3) is 5.62. The molecular weight excluding hydrogens is 502 g/mol. The van der Waals surface area contributed by atoms with Gasteiger partial charge in [-0.1, -0.05) is 19.1 Å². The minimum absolute atomic E-state index is 0.112. The van der Waals surface area contributed by atoms with E-state index in [0.29, 0.717) is 40.2 Å². The lowest BCUT2D eigenvalue weighted by molar-refractivity contribution is 0.0827. The van der Waals surface area contributed by atoms with Crippen molar-refractivity contribution in [3.63, 3.8) is 0 Å². The molecule has 0 radical (unpaired) electrons. The molecular formula is C29H31N3O5S. The SMILES string of the molecule is CCc1cc(OC)cc(Cc2nc3ccccc3nc2CS(=O)(=O)c2ccc(C(=O)N(C)C)cc2)c1OC. The smallest absolute Gasteiger partial charge is 0.253 e. The second-order valence-electron chi connectivity index (χ2n) is 9.10. The maximum Gasteiger partial charge on any atom is 0.253 e. The number of fused-ring (bicyclic) bond motifs is 1. The number of aryl methyl sites for hydroxylation is 1. The zero-order valence-electron chi connectivity index (χ0n) is 22.2. The predicted molar refractivity (Wildman–Crippen MR) is 147 cm³/mol. The van der Waals surface area contributed by atoms with Gasteiger partial charge in [0.1, 0.15) is 11.5 Å². The average Bonchev–Trinajstić information content (AvgIpc) is 2.92. The topological polar surface area (TPSA) is 98.7 Å². The highest BCUT2D eigenvalue weighted by atomic mass is 32.2. The summed E-state index contributed by atoms with van der Waals surface area (Å²) in [5.74, 6) is 0.870. The molecule has 8 nitrogen and oxygen atoms in total. The van der Waals surface area contributed by atoms with Crippen molar-refractivity contribution in [3.8, 4) is 11.5 Å². The summed E-state index contributed by atoms with van der Waals surface area (Å²) in [6, 6.07) is 17.2. The van der Waals surface area contributed by atoms with Gasteiger partial charge in [-0.15, -0.1) is 0 Å². The minimum Gasteiger partial charge on any atom is -0.497 e.